The second-order valence-corrected chi connectivity index (χ2v) is 5.84. The van der Waals surface area contributed by atoms with Crippen molar-refractivity contribution in [2.45, 2.75) is 47.2 Å². The Kier molecular flexibility index (Phi) is 8.66. The van der Waals surface area contributed by atoms with E-state index < -0.39 is 0 Å². The number of nitrogens with one attached hydrogen (secondary N) is 2. The van der Waals surface area contributed by atoms with Crippen molar-refractivity contribution in [2.24, 2.45) is 0 Å². The third-order valence-electron chi connectivity index (χ3n) is 3.74. The van der Waals surface area contributed by atoms with Gasteiger partial charge in [-0.25, -0.2) is 0 Å². The Labute approximate surface area is 151 Å². The zero-order chi connectivity index (χ0) is 18.1. The molecule has 0 saturated heterocycles. The number of anilines is 1. The Morgan fingerprint density at radius 3 is 2.33 bits per heavy atom. The summed E-state index contributed by atoms with van der Waals surface area (Å²) in [5, 5.41) is 7.52. The Hall–Kier alpha value is -1.71. The lowest BCUT2D eigenvalue weighted by atomic mass is 10.2. The van der Waals surface area contributed by atoms with E-state index in [1.165, 1.54) is 11.4 Å². The van der Waals surface area contributed by atoms with Crippen LogP contribution in [0, 0.1) is 6.92 Å². The second-order valence-electron chi connectivity index (χ2n) is 5.40. The zero-order valence-corrected chi connectivity index (χ0v) is 16.4. The first kappa shape index (κ1) is 20.3. The highest BCUT2D eigenvalue weighted by molar-refractivity contribution is 6.30. The average Bonchev–Trinajstić information content (AvgIpc) is 2.97. The van der Waals surface area contributed by atoms with E-state index in [2.05, 4.69) is 54.2 Å². The van der Waals surface area contributed by atoms with E-state index in [0.717, 1.165) is 22.8 Å². The molecule has 1 aromatic carbocycles. The number of halogens is 1. The number of likely N-dealkylation sites (N-methyl/N-ethyl adjacent to an activating group) is 1. The summed E-state index contributed by atoms with van der Waals surface area (Å²) in [6.45, 7) is 10.4. The van der Waals surface area contributed by atoms with Crippen LogP contribution in [-0.4, -0.2) is 11.6 Å². The number of allylic oxidation sites excluding steroid dienone is 1. The van der Waals surface area contributed by atoms with Gasteiger partial charge in [0.1, 0.15) is 6.17 Å². The maximum absolute atomic E-state index is 5.92. The number of hydrogen-bond acceptors (Lipinski definition) is 2. The fourth-order valence-electron chi connectivity index (χ4n) is 2.62. The van der Waals surface area contributed by atoms with E-state index >= 15 is 0 Å². The molecule has 0 spiro atoms. The fraction of sp³-hybridized carbons (Fsp3) is 0.400. The van der Waals surface area contributed by atoms with Crippen molar-refractivity contribution in [2.75, 3.05) is 12.4 Å². The molecule has 24 heavy (non-hydrogen) atoms. The van der Waals surface area contributed by atoms with Crippen molar-refractivity contribution in [3.8, 4) is 0 Å². The second kappa shape index (κ2) is 10.2. The molecule has 0 amide bonds. The van der Waals surface area contributed by atoms with Gasteiger partial charge >= 0.3 is 0 Å². The Morgan fingerprint density at radius 2 is 1.79 bits per heavy atom. The molecule has 2 aromatic rings. The number of aromatic nitrogens is 1. The van der Waals surface area contributed by atoms with Gasteiger partial charge < -0.3 is 9.88 Å². The van der Waals surface area contributed by atoms with Crippen LogP contribution in [0.3, 0.4) is 0 Å². The van der Waals surface area contributed by atoms with Crippen molar-refractivity contribution in [1.82, 2.24) is 9.88 Å². The summed E-state index contributed by atoms with van der Waals surface area (Å²) >= 11 is 5.92. The van der Waals surface area contributed by atoms with Crippen LogP contribution >= 0.6 is 11.6 Å². The largest absolute Gasteiger partial charge is 0.359 e. The first-order valence-electron chi connectivity index (χ1n) is 8.60. The van der Waals surface area contributed by atoms with Gasteiger partial charge in [0.2, 0.25) is 0 Å². The summed E-state index contributed by atoms with van der Waals surface area (Å²) in [6.07, 6.45) is 3.34. The number of aryl methyl sites for hydroxylation is 2. The van der Waals surface area contributed by atoms with E-state index in [4.69, 9.17) is 11.6 Å². The SMILES string of the molecule is CC.CCc1ccc(C)n1C(/C=C(/C)Nc1ccc(Cl)cc1)NC. The normalized spacial score (nSPS) is 12.4. The van der Waals surface area contributed by atoms with Gasteiger partial charge in [-0.1, -0.05) is 32.4 Å². The summed E-state index contributed by atoms with van der Waals surface area (Å²) in [4.78, 5) is 0. The van der Waals surface area contributed by atoms with Crippen LogP contribution in [0.25, 0.3) is 0 Å². The van der Waals surface area contributed by atoms with E-state index in [1.54, 1.807) is 0 Å². The predicted octanol–water partition coefficient (Wildman–Crippen LogP) is 5.77. The first-order valence-corrected chi connectivity index (χ1v) is 8.98. The maximum Gasteiger partial charge on any atom is 0.105 e. The van der Waals surface area contributed by atoms with Crippen LogP contribution in [0.1, 0.15) is 45.2 Å². The standard InChI is InChI=1S/C18H24ClN3.C2H6/c1-5-17-11-6-14(3)22(17)18(20-4)12-13(2)21-16-9-7-15(19)8-10-16;1-2/h6-12,18,20-21H,5H2,1-4H3;1-2H3/b13-12-;. The third kappa shape index (κ3) is 5.43. The quantitative estimate of drug-likeness (QED) is 0.694. The minimum atomic E-state index is 0.129. The molecule has 0 bridgehead atoms. The van der Waals surface area contributed by atoms with Gasteiger partial charge in [0.05, 0.1) is 0 Å². The summed E-state index contributed by atoms with van der Waals surface area (Å²) in [5.41, 5.74) is 4.71. The topological polar surface area (TPSA) is 29.0 Å². The van der Waals surface area contributed by atoms with Crippen molar-refractivity contribution in [1.29, 1.82) is 0 Å². The number of nitrogens with zero attached hydrogens (tertiary/aromatic N) is 1. The highest BCUT2D eigenvalue weighted by Crippen LogP contribution is 2.19. The molecule has 0 radical (unpaired) electrons. The summed E-state index contributed by atoms with van der Waals surface area (Å²) in [5.74, 6) is 0. The molecular formula is C20H30ClN3. The molecule has 1 unspecified atom stereocenters. The van der Waals surface area contributed by atoms with Gasteiger partial charge in [-0.05, 0) is 69.8 Å². The predicted molar refractivity (Wildman–Crippen MR) is 107 cm³/mol. The van der Waals surface area contributed by atoms with Crippen molar-refractivity contribution in [3.63, 3.8) is 0 Å². The van der Waals surface area contributed by atoms with Crippen LogP contribution < -0.4 is 10.6 Å². The van der Waals surface area contributed by atoms with Crippen LogP contribution in [0.15, 0.2) is 48.2 Å². The zero-order valence-electron chi connectivity index (χ0n) is 15.7. The smallest absolute Gasteiger partial charge is 0.105 e. The van der Waals surface area contributed by atoms with E-state index in [9.17, 15) is 0 Å². The van der Waals surface area contributed by atoms with Gasteiger partial charge in [0.15, 0.2) is 0 Å². The van der Waals surface area contributed by atoms with Crippen molar-refractivity contribution < 1.29 is 0 Å². The lowest BCUT2D eigenvalue weighted by molar-refractivity contribution is 0.502. The van der Waals surface area contributed by atoms with Gasteiger partial charge in [-0.3, -0.25) is 5.32 Å². The Morgan fingerprint density at radius 1 is 1.17 bits per heavy atom. The van der Waals surface area contributed by atoms with Crippen LogP contribution in [0.2, 0.25) is 5.02 Å². The molecule has 1 heterocycles. The minimum absolute atomic E-state index is 0.129. The molecule has 0 fully saturated rings. The van der Waals surface area contributed by atoms with Gasteiger partial charge in [0.25, 0.3) is 0 Å². The van der Waals surface area contributed by atoms with Crippen LogP contribution in [0.5, 0.6) is 0 Å². The Balaban J connectivity index is 0.00000139. The number of rotatable bonds is 6. The molecule has 4 heteroatoms. The first-order chi connectivity index (χ1) is 11.5. The fourth-order valence-corrected chi connectivity index (χ4v) is 2.74. The molecule has 132 valence electrons. The molecule has 2 rings (SSSR count). The molecule has 1 atom stereocenters. The number of benzene rings is 1. The molecule has 2 N–H and O–H groups in total. The summed E-state index contributed by atoms with van der Waals surface area (Å²) < 4.78 is 2.33. The summed E-state index contributed by atoms with van der Waals surface area (Å²) in [6, 6.07) is 12.1. The molecule has 0 aliphatic heterocycles. The van der Waals surface area contributed by atoms with Gasteiger partial charge in [0, 0.05) is 27.8 Å². The Bertz CT molecular complexity index is 641. The lowest BCUT2D eigenvalue weighted by Gasteiger charge is -2.21. The lowest BCUT2D eigenvalue weighted by Crippen LogP contribution is -2.24. The maximum atomic E-state index is 5.92. The monoisotopic (exact) mass is 347 g/mol. The minimum Gasteiger partial charge on any atom is -0.359 e. The van der Waals surface area contributed by atoms with E-state index in [0.29, 0.717) is 0 Å². The highest BCUT2D eigenvalue weighted by Gasteiger charge is 2.11. The number of hydrogen-bond donors (Lipinski definition) is 2. The molecular weight excluding hydrogens is 318 g/mol. The van der Waals surface area contributed by atoms with Crippen molar-refractivity contribution in [3.05, 3.63) is 64.6 Å². The molecule has 0 aliphatic carbocycles. The van der Waals surface area contributed by atoms with Crippen LogP contribution in [-0.2, 0) is 6.42 Å². The highest BCUT2D eigenvalue weighted by atomic mass is 35.5. The molecule has 1 aromatic heterocycles. The molecule has 0 saturated carbocycles. The van der Waals surface area contributed by atoms with Crippen molar-refractivity contribution >= 4 is 17.3 Å². The van der Waals surface area contributed by atoms with E-state index in [-0.39, 0.29) is 6.17 Å². The molecule has 0 aliphatic rings. The van der Waals surface area contributed by atoms with Crippen LogP contribution in [0.4, 0.5) is 5.69 Å². The van der Waals surface area contributed by atoms with E-state index in [1.807, 2.05) is 45.2 Å². The third-order valence-corrected chi connectivity index (χ3v) is 3.99. The summed E-state index contributed by atoms with van der Waals surface area (Å²) in [7, 11) is 1.98. The average molecular weight is 348 g/mol. The van der Waals surface area contributed by atoms with Gasteiger partial charge in [-0.15, -0.1) is 0 Å². The van der Waals surface area contributed by atoms with Gasteiger partial charge in [-0.2, -0.15) is 0 Å². The molecule has 3 nitrogen and oxygen atoms in total.